The van der Waals surface area contributed by atoms with Crippen molar-refractivity contribution in [3.05, 3.63) is 71.3 Å². The number of aldehydes is 1. The Morgan fingerprint density at radius 1 is 1.08 bits per heavy atom. The first kappa shape index (κ1) is 25.5. The normalized spacial score (nSPS) is 24.6. The van der Waals surface area contributed by atoms with E-state index in [0.29, 0.717) is 74.4 Å². The van der Waals surface area contributed by atoms with E-state index in [1.54, 1.807) is 23.2 Å². The molecular formula is C27H30F4N4O2. The Morgan fingerprint density at radius 2 is 1.84 bits per heavy atom. The highest BCUT2D eigenvalue weighted by atomic mass is 19.4. The summed E-state index contributed by atoms with van der Waals surface area (Å²) in [6, 6.07) is 4.36. The van der Waals surface area contributed by atoms with Crippen molar-refractivity contribution in [1.29, 1.82) is 0 Å². The van der Waals surface area contributed by atoms with E-state index in [2.05, 4.69) is 5.16 Å². The van der Waals surface area contributed by atoms with Crippen LogP contribution in [-0.2, 0) is 9.63 Å². The molecule has 5 rings (SSSR count). The summed E-state index contributed by atoms with van der Waals surface area (Å²) in [5, 5.41) is 7.36. The lowest BCUT2D eigenvalue weighted by atomic mass is 9.86. The SMILES string of the molecule is O=C/C=C/C1=C(N2CCCCC2)N(N2CCC3(CC2)CC(c2cccc(F)c2)=NO3)C(C(F)(F)F)C=C1. The number of alkyl halides is 3. The molecule has 0 amide bonds. The average molecular weight is 519 g/mol. The zero-order valence-corrected chi connectivity index (χ0v) is 20.5. The highest BCUT2D eigenvalue weighted by molar-refractivity contribution is 6.01. The number of oxime groups is 1. The number of hydrogen-bond acceptors (Lipinski definition) is 6. The van der Waals surface area contributed by atoms with Crippen molar-refractivity contribution in [2.24, 2.45) is 5.16 Å². The zero-order valence-electron chi connectivity index (χ0n) is 20.5. The average Bonchev–Trinajstić information content (AvgIpc) is 3.31. The quantitative estimate of drug-likeness (QED) is 0.314. The molecule has 2 fully saturated rings. The van der Waals surface area contributed by atoms with Crippen LogP contribution < -0.4 is 0 Å². The lowest BCUT2D eigenvalue weighted by Crippen LogP contribution is -2.60. The van der Waals surface area contributed by atoms with E-state index in [-0.39, 0.29) is 5.82 Å². The number of rotatable bonds is 5. The van der Waals surface area contributed by atoms with Gasteiger partial charge in [0.05, 0.1) is 5.71 Å². The molecule has 0 bridgehead atoms. The maximum absolute atomic E-state index is 14.3. The van der Waals surface area contributed by atoms with Gasteiger partial charge in [0.1, 0.15) is 23.5 Å². The molecule has 198 valence electrons. The minimum Gasteiger partial charge on any atom is -0.388 e. The molecule has 1 aromatic rings. The van der Waals surface area contributed by atoms with Gasteiger partial charge in [-0.3, -0.25) is 9.80 Å². The topological polar surface area (TPSA) is 48.4 Å². The highest BCUT2D eigenvalue weighted by Gasteiger charge is 2.50. The Morgan fingerprint density at radius 3 is 2.51 bits per heavy atom. The number of benzene rings is 1. The summed E-state index contributed by atoms with van der Waals surface area (Å²) < 4.78 is 56.7. The summed E-state index contributed by atoms with van der Waals surface area (Å²) in [6.07, 6.45) is 5.98. The van der Waals surface area contributed by atoms with Crippen LogP contribution in [0.15, 0.2) is 65.1 Å². The van der Waals surface area contributed by atoms with E-state index in [9.17, 15) is 22.4 Å². The molecule has 0 saturated carbocycles. The summed E-state index contributed by atoms with van der Waals surface area (Å²) in [6.45, 7) is 2.01. The van der Waals surface area contributed by atoms with Crippen molar-refractivity contribution < 1.29 is 27.2 Å². The van der Waals surface area contributed by atoms with Crippen LogP contribution in [0.1, 0.15) is 44.1 Å². The fourth-order valence-corrected chi connectivity index (χ4v) is 5.61. The summed E-state index contributed by atoms with van der Waals surface area (Å²) in [4.78, 5) is 18.9. The van der Waals surface area contributed by atoms with Crippen LogP contribution in [0.25, 0.3) is 0 Å². The van der Waals surface area contributed by atoms with Crippen molar-refractivity contribution in [1.82, 2.24) is 14.9 Å². The second-order valence-electron chi connectivity index (χ2n) is 9.97. The van der Waals surface area contributed by atoms with Crippen molar-refractivity contribution in [2.75, 3.05) is 26.2 Å². The zero-order chi connectivity index (χ0) is 26.0. The minimum atomic E-state index is -4.48. The molecule has 37 heavy (non-hydrogen) atoms. The van der Waals surface area contributed by atoms with Gasteiger partial charge < -0.3 is 9.74 Å². The molecule has 0 N–H and O–H groups in total. The van der Waals surface area contributed by atoms with Crippen LogP contribution >= 0.6 is 0 Å². The van der Waals surface area contributed by atoms with Gasteiger partial charge in [-0.1, -0.05) is 29.4 Å². The number of allylic oxidation sites excluding steroid dienone is 4. The first-order valence-electron chi connectivity index (χ1n) is 12.7. The molecule has 1 spiro atoms. The molecule has 0 radical (unpaired) electrons. The van der Waals surface area contributed by atoms with E-state index < -0.39 is 17.8 Å². The fraction of sp³-hybridized carbons (Fsp3) is 0.481. The van der Waals surface area contributed by atoms with Crippen molar-refractivity contribution in [2.45, 2.75) is 56.3 Å². The second-order valence-corrected chi connectivity index (χ2v) is 9.97. The lowest BCUT2D eigenvalue weighted by Gasteiger charge is -2.51. The lowest BCUT2D eigenvalue weighted by molar-refractivity contribution is -0.215. The van der Waals surface area contributed by atoms with Crippen LogP contribution in [0, 0.1) is 5.82 Å². The number of carbonyl (C=O) groups is 1. The molecule has 4 aliphatic heterocycles. The molecule has 1 unspecified atom stereocenters. The van der Waals surface area contributed by atoms with Crippen LogP contribution in [0.5, 0.6) is 0 Å². The monoisotopic (exact) mass is 518 g/mol. The summed E-state index contributed by atoms with van der Waals surface area (Å²) in [5.41, 5.74) is 1.27. The summed E-state index contributed by atoms with van der Waals surface area (Å²) in [7, 11) is 0. The molecule has 1 atom stereocenters. The summed E-state index contributed by atoms with van der Waals surface area (Å²) >= 11 is 0. The number of hydrazine groups is 1. The Balaban J connectivity index is 1.39. The van der Waals surface area contributed by atoms with Gasteiger partial charge in [-0.25, -0.2) is 9.40 Å². The molecule has 6 nitrogen and oxygen atoms in total. The Labute approximate surface area is 213 Å². The van der Waals surface area contributed by atoms with Gasteiger partial charge in [-0.15, -0.1) is 0 Å². The Bertz CT molecular complexity index is 1130. The molecule has 0 aromatic heterocycles. The standard InChI is InChI=1S/C27H30F4N4O2/c28-22-8-4-6-21(18-22)23-19-26(37-32-23)11-15-34(16-12-26)35-24(27(29,30)31)10-9-20(7-5-17-36)25(35)33-13-2-1-3-14-33/h4-10,17-18,24H,1-3,11-16,19H2/b7-5+. The first-order chi connectivity index (χ1) is 17.8. The largest absolute Gasteiger partial charge is 0.413 e. The van der Waals surface area contributed by atoms with Crippen LogP contribution in [0.2, 0.25) is 0 Å². The summed E-state index contributed by atoms with van der Waals surface area (Å²) in [5.74, 6) is 0.131. The number of carbonyl (C=O) groups excluding carboxylic acids is 1. The number of piperidine rings is 2. The van der Waals surface area contributed by atoms with Gasteiger partial charge in [0.15, 0.2) is 6.04 Å². The predicted octanol–water partition coefficient (Wildman–Crippen LogP) is 4.96. The van der Waals surface area contributed by atoms with E-state index in [1.807, 2.05) is 4.90 Å². The Hall–Kier alpha value is -3.14. The number of likely N-dealkylation sites (tertiary alicyclic amines) is 1. The van der Waals surface area contributed by atoms with Crippen LogP contribution in [0.3, 0.4) is 0 Å². The van der Waals surface area contributed by atoms with Gasteiger partial charge in [0, 0.05) is 56.6 Å². The maximum atomic E-state index is 14.3. The molecule has 0 aliphatic carbocycles. The van der Waals surface area contributed by atoms with Gasteiger partial charge in [0.2, 0.25) is 0 Å². The number of halogens is 4. The molecule has 4 aliphatic rings. The first-order valence-corrected chi connectivity index (χ1v) is 12.7. The number of nitrogens with zero attached hydrogens (tertiary/aromatic N) is 4. The predicted molar refractivity (Wildman–Crippen MR) is 131 cm³/mol. The van der Waals surface area contributed by atoms with Crippen LogP contribution in [-0.4, -0.2) is 70.9 Å². The third kappa shape index (κ3) is 5.30. The third-order valence-corrected chi connectivity index (χ3v) is 7.49. The van der Waals surface area contributed by atoms with Gasteiger partial charge in [0.25, 0.3) is 0 Å². The van der Waals surface area contributed by atoms with Gasteiger partial charge in [-0.2, -0.15) is 13.2 Å². The van der Waals surface area contributed by atoms with Gasteiger partial charge in [-0.05, 0) is 43.5 Å². The molecular weight excluding hydrogens is 488 g/mol. The maximum Gasteiger partial charge on any atom is 0.413 e. The van der Waals surface area contributed by atoms with E-state index in [0.717, 1.165) is 19.3 Å². The van der Waals surface area contributed by atoms with Crippen molar-refractivity contribution in [3.8, 4) is 0 Å². The molecule has 1 aromatic carbocycles. The van der Waals surface area contributed by atoms with Gasteiger partial charge >= 0.3 is 6.18 Å². The molecule has 2 saturated heterocycles. The van der Waals surface area contributed by atoms with Crippen LogP contribution in [0.4, 0.5) is 17.6 Å². The van der Waals surface area contributed by atoms with Crippen molar-refractivity contribution in [3.63, 3.8) is 0 Å². The Kier molecular flexibility index (Phi) is 7.11. The van der Waals surface area contributed by atoms with Crippen molar-refractivity contribution >= 4 is 12.0 Å². The smallest absolute Gasteiger partial charge is 0.388 e. The van der Waals surface area contributed by atoms with E-state index in [4.69, 9.17) is 4.84 Å². The highest BCUT2D eigenvalue weighted by Crippen LogP contribution is 2.41. The molecule has 4 heterocycles. The van der Waals surface area contributed by atoms with E-state index >= 15 is 0 Å². The fourth-order valence-electron chi connectivity index (χ4n) is 5.61. The second kappa shape index (κ2) is 10.3. The van der Waals surface area contributed by atoms with E-state index in [1.165, 1.54) is 35.4 Å². The molecule has 10 heteroatoms. The minimum absolute atomic E-state index is 0.342. The number of hydrogen-bond donors (Lipinski definition) is 0. The third-order valence-electron chi connectivity index (χ3n) is 7.49.